The molecular weight excluding hydrogens is 332 g/mol. The minimum Gasteiger partial charge on any atom is -0.323 e. The molecule has 3 aromatic heterocycles. The number of aromatic nitrogens is 3. The summed E-state index contributed by atoms with van der Waals surface area (Å²) in [7, 11) is 0. The summed E-state index contributed by atoms with van der Waals surface area (Å²) in [5.74, 6) is -2.86. The van der Waals surface area contributed by atoms with Crippen molar-refractivity contribution < 1.29 is 8.78 Å². The first-order valence-corrected chi connectivity index (χ1v) is 7.89. The predicted molar refractivity (Wildman–Crippen MR) is 81.9 cm³/mol. The fourth-order valence-corrected chi connectivity index (χ4v) is 4.34. The third-order valence-electron chi connectivity index (χ3n) is 3.85. The molecule has 0 aliphatic heterocycles. The average Bonchev–Trinajstić information content (AvgIpc) is 3.07. The summed E-state index contributed by atoms with van der Waals surface area (Å²) >= 11 is 7.31. The van der Waals surface area contributed by atoms with Gasteiger partial charge in [0.15, 0.2) is 0 Å². The van der Waals surface area contributed by atoms with Gasteiger partial charge in [-0.05, 0) is 11.6 Å². The van der Waals surface area contributed by atoms with Crippen molar-refractivity contribution >= 4 is 33.0 Å². The van der Waals surface area contributed by atoms with Crippen molar-refractivity contribution in [3.63, 3.8) is 0 Å². The van der Waals surface area contributed by atoms with Crippen molar-refractivity contribution in [2.45, 2.75) is 24.1 Å². The molecule has 0 fully saturated rings. The molecule has 0 aromatic carbocycles. The largest absolute Gasteiger partial charge is 0.323 e. The van der Waals surface area contributed by atoms with Crippen molar-refractivity contribution in [2.24, 2.45) is 0 Å². The molecule has 1 atom stereocenters. The zero-order valence-electron chi connectivity index (χ0n) is 11.1. The summed E-state index contributed by atoms with van der Waals surface area (Å²) in [4.78, 5) is 15.7. The summed E-state index contributed by atoms with van der Waals surface area (Å²) in [6.07, 6.45) is 2.47. The van der Waals surface area contributed by atoms with E-state index in [2.05, 4.69) is 15.2 Å². The highest BCUT2D eigenvalue weighted by atomic mass is 35.5. The highest BCUT2D eigenvalue weighted by Crippen LogP contribution is 2.45. The van der Waals surface area contributed by atoms with Crippen LogP contribution >= 0.6 is 22.9 Å². The predicted octanol–water partition coefficient (Wildman–Crippen LogP) is 3.84. The molecule has 1 aliphatic rings. The zero-order valence-corrected chi connectivity index (χ0v) is 12.7. The van der Waals surface area contributed by atoms with Crippen molar-refractivity contribution in [2.75, 3.05) is 0 Å². The standard InChI is InChI=1S/C14H10ClF2N3OS/c15-9-3-14(16,17)2-8-7-1-10(6-4-18-19-5-6)22-12(7)13(21)20-11(8)9/h1,4-5,9H,2-3H2,(H,18,19)(H,20,21). The van der Waals surface area contributed by atoms with Crippen LogP contribution < -0.4 is 5.56 Å². The van der Waals surface area contributed by atoms with Crippen LogP contribution in [0.25, 0.3) is 20.5 Å². The van der Waals surface area contributed by atoms with Crippen LogP contribution in [0.5, 0.6) is 0 Å². The van der Waals surface area contributed by atoms with Crippen LogP contribution in [0.3, 0.4) is 0 Å². The Morgan fingerprint density at radius 1 is 1.45 bits per heavy atom. The molecule has 0 amide bonds. The third kappa shape index (κ3) is 2.07. The van der Waals surface area contributed by atoms with Gasteiger partial charge < -0.3 is 4.98 Å². The van der Waals surface area contributed by atoms with Gasteiger partial charge in [-0.3, -0.25) is 9.89 Å². The number of thiophene rings is 1. The number of hydrogen-bond donors (Lipinski definition) is 2. The quantitative estimate of drug-likeness (QED) is 0.661. The Balaban J connectivity index is 2.00. The summed E-state index contributed by atoms with van der Waals surface area (Å²) in [6, 6.07) is 1.77. The number of fused-ring (bicyclic) bond motifs is 3. The summed E-state index contributed by atoms with van der Waals surface area (Å²) in [5, 5.41) is 6.25. The maximum Gasteiger partial charge on any atom is 0.266 e. The van der Waals surface area contributed by atoms with Crippen LogP contribution in [-0.2, 0) is 6.42 Å². The molecule has 0 saturated heterocycles. The molecule has 4 nitrogen and oxygen atoms in total. The van der Waals surface area contributed by atoms with Gasteiger partial charge in [0.05, 0.1) is 11.6 Å². The second-order valence-electron chi connectivity index (χ2n) is 5.39. The molecule has 3 aromatic rings. The molecule has 1 aliphatic carbocycles. The SMILES string of the molecule is O=c1[nH]c2c(c3cc(-c4cn[nH]c4)sc13)CC(F)(F)CC2Cl. The first kappa shape index (κ1) is 13.9. The van der Waals surface area contributed by atoms with Crippen LogP contribution in [0.1, 0.15) is 23.1 Å². The molecule has 22 heavy (non-hydrogen) atoms. The van der Waals surface area contributed by atoms with Crippen LogP contribution in [-0.4, -0.2) is 21.1 Å². The number of aromatic amines is 2. The van der Waals surface area contributed by atoms with E-state index in [-0.39, 0.29) is 5.56 Å². The van der Waals surface area contributed by atoms with E-state index in [9.17, 15) is 13.6 Å². The Labute approximate surface area is 132 Å². The van der Waals surface area contributed by atoms with Crippen LogP contribution in [0.15, 0.2) is 23.3 Å². The van der Waals surface area contributed by atoms with Gasteiger partial charge in [0.25, 0.3) is 11.5 Å². The van der Waals surface area contributed by atoms with Crippen LogP contribution in [0, 0.1) is 0 Å². The molecule has 8 heteroatoms. The maximum atomic E-state index is 13.9. The third-order valence-corrected chi connectivity index (χ3v) is 5.40. The van der Waals surface area contributed by atoms with Gasteiger partial charge in [-0.2, -0.15) is 5.10 Å². The molecule has 2 N–H and O–H groups in total. The number of rotatable bonds is 1. The van der Waals surface area contributed by atoms with E-state index in [1.807, 2.05) is 0 Å². The zero-order chi connectivity index (χ0) is 15.5. The van der Waals surface area contributed by atoms with E-state index in [4.69, 9.17) is 11.6 Å². The first-order chi connectivity index (χ1) is 10.4. The monoisotopic (exact) mass is 341 g/mol. The lowest BCUT2D eigenvalue weighted by Gasteiger charge is -2.28. The molecule has 114 valence electrons. The number of alkyl halides is 3. The highest BCUT2D eigenvalue weighted by Gasteiger charge is 2.40. The fraction of sp³-hybridized carbons (Fsp3) is 0.286. The van der Waals surface area contributed by atoms with E-state index < -0.39 is 24.1 Å². The van der Waals surface area contributed by atoms with E-state index in [0.717, 1.165) is 10.4 Å². The number of hydrogen-bond acceptors (Lipinski definition) is 3. The van der Waals surface area contributed by atoms with Crippen molar-refractivity contribution in [1.29, 1.82) is 0 Å². The van der Waals surface area contributed by atoms with Gasteiger partial charge in [-0.1, -0.05) is 0 Å². The first-order valence-electron chi connectivity index (χ1n) is 6.64. The van der Waals surface area contributed by atoms with E-state index >= 15 is 0 Å². The lowest BCUT2D eigenvalue weighted by molar-refractivity contribution is -0.0138. The van der Waals surface area contributed by atoms with E-state index in [1.54, 1.807) is 18.5 Å². The average molecular weight is 342 g/mol. The smallest absolute Gasteiger partial charge is 0.266 e. The van der Waals surface area contributed by atoms with Crippen LogP contribution in [0.4, 0.5) is 8.78 Å². The Hall–Kier alpha value is -1.73. The van der Waals surface area contributed by atoms with Crippen molar-refractivity contribution in [1.82, 2.24) is 15.2 Å². The highest BCUT2D eigenvalue weighted by molar-refractivity contribution is 7.22. The molecular formula is C14H10ClF2N3OS. The molecule has 0 saturated carbocycles. The van der Waals surface area contributed by atoms with Gasteiger partial charge in [-0.15, -0.1) is 22.9 Å². The summed E-state index contributed by atoms with van der Waals surface area (Å²) in [5.41, 5.74) is 1.39. The van der Waals surface area contributed by atoms with Crippen molar-refractivity contribution in [3.05, 3.63) is 40.1 Å². The van der Waals surface area contributed by atoms with Gasteiger partial charge in [-0.25, -0.2) is 8.78 Å². The van der Waals surface area contributed by atoms with Gasteiger partial charge in [0, 0.05) is 40.6 Å². The minimum atomic E-state index is -2.86. The Bertz CT molecular complexity index is 916. The Morgan fingerprint density at radius 3 is 3.00 bits per heavy atom. The number of nitrogens with zero attached hydrogens (tertiary/aromatic N) is 1. The Kier molecular flexibility index (Phi) is 2.93. The topological polar surface area (TPSA) is 61.5 Å². The fourth-order valence-electron chi connectivity index (χ4n) is 2.86. The molecule has 0 bridgehead atoms. The van der Waals surface area contributed by atoms with E-state index in [0.29, 0.717) is 21.3 Å². The lowest BCUT2D eigenvalue weighted by Crippen LogP contribution is -2.30. The number of pyridine rings is 1. The molecule has 0 spiro atoms. The molecule has 4 rings (SSSR count). The molecule has 0 radical (unpaired) electrons. The summed E-state index contributed by atoms with van der Waals surface area (Å²) in [6.45, 7) is 0. The van der Waals surface area contributed by atoms with E-state index in [1.165, 1.54) is 11.3 Å². The van der Waals surface area contributed by atoms with Gasteiger partial charge >= 0.3 is 0 Å². The number of H-pyrrole nitrogens is 2. The number of nitrogens with one attached hydrogen (secondary N) is 2. The normalized spacial score (nSPS) is 20.2. The maximum absolute atomic E-state index is 13.9. The second-order valence-corrected chi connectivity index (χ2v) is 6.97. The minimum absolute atomic E-state index is 0.288. The second kappa shape index (κ2) is 4.63. The van der Waals surface area contributed by atoms with Gasteiger partial charge in [0.1, 0.15) is 4.70 Å². The van der Waals surface area contributed by atoms with Gasteiger partial charge in [0.2, 0.25) is 0 Å². The van der Waals surface area contributed by atoms with Crippen molar-refractivity contribution in [3.8, 4) is 10.4 Å². The Morgan fingerprint density at radius 2 is 2.27 bits per heavy atom. The molecule has 3 heterocycles. The molecule has 1 unspecified atom stereocenters. The lowest BCUT2D eigenvalue weighted by atomic mass is 9.90. The van der Waals surface area contributed by atoms with Crippen LogP contribution in [0.2, 0.25) is 0 Å². The number of halogens is 3. The summed E-state index contributed by atoms with van der Waals surface area (Å²) < 4.78 is 28.1.